The van der Waals surface area contributed by atoms with E-state index < -0.39 is 5.60 Å². The van der Waals surface area contributed by atoms with E-state index in [1.807, 2.05) is 37.4 Å². The molecular formula is C18H34N4O2S. The SMILES string of the molecule is CCNC(=NCC1(O)CCC1SCC)NC1CCN(C(=O)C(C)C)C1. The minimum absolute atomic E-state index is 0.0431. The molecule has 25 heavy (non-hydrogen) atoms. The van der Waals surface area contributed by atoms with Crippen LogP contribution < -0.4 is 10.6 Å². The first-order chi connectivity index (χ1) is 11.9. The van der Waals surface area contributed by atoms with Crippen molar-refractivity contribution < 1.29 is 9.90 Å². The molecule has 3 atom stereocenters. The minimum atomic E-state index is -0.668. The maximum absolute atomic E-state index is 12.1. The molecule has 0 aromatic carbocycles. The standard InChI is InChI=1S/C18H34N4O2S/c1-5-19-17(20-12-18(24)9-7-15(18)25-6-2)21-14-8-10-22(11-14)16(23)13(3)4/h13-15,24H,5-12H2,1-4H3,(H2,19,20,21). The van der Waals surface area contributed by atoms with Gasteiger partial charge in [-0.05, 0) is 31.9 Å². The zero-order valence-electron chi connectivity index (χ0n) is 16.0. The molecule has 0 aromatic heterocycles. The quantitative estimate of drug-likeness (QED) is 0.467. The van der Waals surface area contributed by atoms with Crippen molar-refractivity contribution in [2.24, 2.45) is 10.9 Å². The molecule has 6 nitrogen and oxygen atoms in total. The number of hydrogen-bond donors (Lipinski definition) is 3. The first kappa shape index (κ1) is 20.4. The largest absolute Gasteiger partial charge is 0.387 e. The van der Waals surface area contributed by atoms with Crippen LogP contribution in [0.5, 0.6) is 0 Å². The monoisotopic (exact) mass is 370 g/mol. The van der Waals surface area contributed by atoms with Gasteiger partial charge in [0.05, 0.1) is 12.1 Å². The Morgan fingerprint density at radius 3 is 2.72 bits per heavy atom. The molecule has 3 N–H and O–H groups in total. The number of thioether (sulfide) groups is 1. The van der Waals surface area contributed by atoms with E-state index >= 15 is 0 Å². The topological polar surface area (TPSA) is 77.0 Å². The molecule has 2 rings (SSSR count). The average Bonchev–Trinajstić information content (AvgIpc) is 3.04. The fourth-order valence-electron chi connectivity index (χ4n) is 3.39. The van der Waals surface area contributed by atoms with Crippen molar-refractivity contribution in [3.63, 3.8) is 0 Å². The summed E-state index contributed by atoms with van der Waals surface area (Å²) >= 11 is 1.82. The Hall–Kier alpha value is -0.950. The average molecular weight is 371 g/mol. The number of guanidine groups is 1. The van der Waals surface area contributed by atoms with Crippen molar-refractivity contribution in [1.82, 2.24) is 15.5 Å². The number of nitrogens with zero attached hydrogens (tertiary/aromatic N) is 2. The van der Waals surface area contributed by atoms with Gasteiger partial charge in [-0.3, -0.25) is 9.79 Å². The van der Waals surface area contributed by atoms with Gasteiger partial charge in [-0.15, -0.1) is 0 Å². The summed E-state index contributed by atoms with van der Waals surface area (Å²) in [5.74, 6) is 2.03. The van der Waals surface area contributed by atoms with E-state index in [2.05, 4.69) is 22.5 Å². The van der Waals surface area contributed by atoms with Crippen molar-refractivity contribution in [2.45, 2.75) is 63.9 Å². The highest BCUT2D eigenvalue weighted by Gasteiger charge is 2.45. The summed E-state index contributed by atoms with van der Waals surface area (Å²) in [5, 5.41) is 17.7. The number of nitrogens with one attached hydrogen (secondary N) is 2. The van der Waals surface area contributed by atoms with Crippen LogP contribution in [0.2, 0.25) is 0 Å². The second-order valence-corrected chi connectivity index (χ2v) is 8.83. The van der Waals surface area contributed by atoms with Crippen molar-refractivity contribution in [3.05, 3.63) is 0 Å². The number of amides is 1. The molecule has 2 fully saturated rings. The fourth-order valence-corrected chi connectivity index (χ4v) is 4.58. The lowest BCUT2D eigenvalue weighted by Gasteiger charge is -2.44. The van der Waals surface area contributed by atoms with Gasteiger partial charge in [0.25, 0.3) is 0 Å². The van der Waals surface area contributed by atoms with E-state index in [0.717, 1.165) is 50.6 Å². The summed E-state index contributed by atoms with van der Waals surface area (Å²) in [7, 11) is 0. The number of carbonyl (C=O) groups is 1. The maximum atomic E-state index is 12.1. The van der Waals surface area contributed by atoms with Crippen molar-refractivity contribution in [2.75, 3.05) is 31.9 Å². The van der Waals surface area contributed by atoms with Crippen LogP contribution in [0, 0.1) is 5.92 Å². The van der Waals surface area contributed by atoms with Crippen LogP contribution in [-0.2, 0) is 4.79 Å². The van der Waals surface area contributed by atoms with Gasteiger partial charge < -0.3 is 20.6 Å². The summed E-state index contributed by atoms with van der Waals surface area (Å²) < 4.78 is 0. The van der Waals surface area contributed by atoms with Gasteiger partial charge in [0, 0.05) is 36.8 Å². The zero-order valence-corrected chi connectivity index (χ0v) is 16.9. The highest BCUT2D eigenvalue weighted by atomic mass is 32.2. The first-order valence-electron chi connectivity index (χ1n) is 9.57. The molecule has 7 heteroatoms. The summed E-state index contributed by atoms with van der Waals surface area (Å²) in [6, 6.07) is 0.220. The van der Waals surface area contributed by atoms with E-state index in [4.69, 9.17) is 0 Å². The third-order valence-corrected chi connectivity index (χ3v) is 6.41. The molecular weight excluding hydrogens is 336 g/mol. The van der Waals surface area contributed by atoms with Gasteiger partial charge in [0.15, 0.2) is 5.96 Å². The third-order valence-electron chi connectivity index (χ3n) is 5.00. The van der Waals surface area contributed by atoms with Gasteiger partial charge in [-0.2, -0.15) is 11.8 Å². The Bertz CT molecular complexity index is 486. The molecule has 1 amide bonds. The Labute approximate surface area is 156 Å². The molecule has 0 radical (unpaired) electrons. The van der Waals surface area contributed by atoms with Gasteiger partial charge >= 0.3 is 0 Å². The summed E-state index contributed by atoms with van der Waals surface area (Å²) in [4.78, 5) is 18.7. The predicted molar refractivity (Wildman–Crippen MR) is 105 cm³/mol. The molecule has 0 bridgehead atoms. The number of rotatable bonds is 7. The van der Waals surface area contributed by atoms with E-state index in [-0.39, 0.29) is 17.9 Å². The predicted octanol–water partition coefficient (Wildman–Crippen LogP) is 1.45. The van der Waals surface area contributed by atoms with Crippen LogP contribution in [0.15, 0.2) is 4.99 Å². The molecule has 1 saturated carbocycles. The molecule has 1 saturated heterocycles. The highest BCUT2D eigenvalue weighted by Crippen LogP contribution is 2.41. The van der Waals surface area contributed by atoms with E-state index in [1.165, 1.54) is 0 Å². The summed E-state index contributed by atoms with van der Waals surface area (Å²) in [6.45, 7) is 10.8. The molecule has 1 aliphatic heterocycles. The third kappa shape index (κ3) is 5.26. The molecule has 1 heterocycles. The number of aliphatic imine (C=N–C) groups is 1. The number of likely N-dealkylation sites (tertiary alicyclic amines) is 1. The highest BCUT2D eigenvalue weighted by molar-refractivity contribution is 8.00. The molecule has 1 aliphatic carbocycles. The van der Waals surface area contributed by atoms with Crippen molar-refractivity contribution in [1.29, 1.82) is 0 Å². The lowest BCUT2D eigenvalue weighted by Crippen LogP contribution is -2.53. The smallest absolute Gasteiger partial charge is 0.225 e. The lowest BCUT2D eigenvalue weighted by molar-refractivity contribution is -0.133. The van der Waals surface area contributed by atoms with Crippen LogP contribution in [0.3, 0.4) is 0 Å². The Morgan fingerprint density at radius 1 is 1.40 bits per heavy atom. The van der Waals surface area contributed by atoms with Gasteiger partial charge in [-0.25, -0.2) is 0 Å². The van der Waals surface area contributed by atoms with Crippen LogP contribution in [0.4, 0.5) is 0 Å². The Morgan fingerprint density at radius 2 is 2.16 bits per heavy atom. The number of hydrogen-bond acceptors (Lipinski definition) is 4. The maximum Gasteiger partial charge on any atom is 0.225 e. The number of aliphatic hydroxyl groups is 1. The van der Waals surface area contributed by atoms with E-state index in [9.17, 15) is 9.90 Å². The first-order valence-corrected chi connectivity index (χ1v) is 10.6. The molecule has 3 unspecified atom stereocenters. The Kier molecular flexibility index (Phi) is 7.43. The van der Waals surface area contributed by atoms with Crippen LogP contribution in [0.1, 0.15) is 47.0 Å². The normalized spacial score (nSPS) is 29.7. The van der Waals surface area contributed by atoms with Gasteiger partial charge in [0.1, 0.15) is 0 Å². The number of carbonyl (C=O) groups excluding carboxylic acids is 1. The van der Waals surface area contributed by atoms with Crippen molar-refractivity contribution in [3.8, 4) is 0 Å². The lowest BCUT2D eigenvalue weighted by atomic mass is 9.79. The van der Waals surface area contributed by atoms with Crippen LogP contribution in [0.25, 0.3) is 0 Å². The molecule has 0 aromatic rings. The van der Waals surface area contributed by atoms with Crippen LogP contribution >= 0.6 is 11.8 Å². The zero-order chi connectivity index (χ0) is 18.4. The second-order valence-electron chi connectivity index (χ2n) is 7.35. The van der Waals surface area contributed by atoms with Gasteiger partial charge in [-0.1, -0.05) is 20.8 Å². The Balaban J connectivity index is 1.89. The van der Waals surface area contributed by atoms with Gasteiger partial charge in [0.2, 0.25) is 5.91 Å². The minimum Gasteiger partial charge on any atom is -0.387 e. The molecule has 0 spiro atoms. The van der Waals surface area contributed by atoms with E-state index in [1.54, 1.807) is 0 Å². The fraction of sp³-hybridized carbons (Fsp3) is 0.889. The van der Waals surface area contributed by atoms with Crippen LogP contribution in [-0.4, -0.2) is 70.7 Å². The van der Waals surface area contributed by atoms with Crippen molar-refractivity contribution >= 4 is 23.6 Å². The van der Waals surface area contributed by atoms with E-state index in [0.29, 0.717) is 11.8 Å². The second kappa shape index (κ2) is 9.12. The summed E-state index contributed by atoms with van der Waals surface area (Å²) in [5.41, 5.74) is -0.668. The molecule has 2 aliphatic rings. The summed E-state index contributed by atoms with van der Waals surface area (Å²) in [6.07, 6.45) is 2.83. The molecule has 144 valence electrons.